The highest BCUT2D eigenvalue weighted by Gasteiger charge is 2.30. The molecule has 2 unspecified atom stereocenters. The molecule has 0 spiro atoms. The van der Waals surface area contributed by atoms with Crippen LogP contribution in [0, 0.1) is 0 Å². The molecule has 5 heteroatoms. The number of nitrogens with zero attached hydrogens (tertiary/aromatic N) is 2. The Labute approximate surface area is 141 Å². The highest BCUT2D eigenvalue weighted by atomic mass is 32.1. The van der Waals surface area contributed by atoms with Gasteiger partial charge < -0.3 is 10.6 Å². The van der Waals surface area contributed by atoms with Crippen LogP contribution in [0.1, 0.15) is 47.2 Å². The van der Waals surface area contributed by atoms with Crippen molar-refractivity contribution in [1.82, 2.24) is 9.88 Å². The maximum atomic E-state index is 12.8. The highest BCUT2D eigenvalue weighted by molar-refractivity contribution is 7.09. The number of carbonyl (C=O) groups is 1. The van der Waals surface area contributed by atoms with Gasteiger partial charge >= 0.3 is 0 Å². The van der Waals surface area contributed by atoms with E-state index in [1.54, 1.807) is 11.3 Å². The number of thiazole rings is 1. The molecule has 2 N–H and O–H groups in total. The summed E-state index contributed by atoms with van der Waals surface area (Å²) in [4.78, 5) is 19.3. The molecule has 1 aliphatic rings. The quantitative estimate of drug-likeness (QED) is 0.938. The first kappa shape index (κ1) is 16.1. The average Bonchev–Trinajstić information content (AvgIpc) is 3.03. The molecule has 1 aliphatic heterocycles. The van der Waals surface area contributed by atoms with E-state index in [4.69, 9.17) is 5.73 Å². The zero-order valence-corrected chi connectivity index (χ0v) is 14.3. The maximum absolute atomic E-state index is 12.8. The molecule has 0 aliphatic carbocycles. The molecule has 0 saturated carbocycles. The normalized spacial score (nSPS) is 19.6. The zero-order valence-electron chi connectivity index (χ0n) is 13.4. The molecular weight excluding hydrogens is 306 g/mol. The molecule has 23 heavy (non-hydrogen) atoms. The van der Waals surface area contributed by atoms with Gasteiger partial charge in [0, 0.05) is 30.4 Å². The van der Waals surface area contributed by atoms with Crippen molar-refractivity contribution in [2.45, 2.75) is 44.7 Å². The lowest BCUT2D eigenvalue weighted by Gasteiger charge is -2.37. The summed E-state index contributed by atoms with van der Waals surface area (Å²) in [7, 11) is 0. The van der Waals surface area contributed by atoms with E-state index in [0.29, 0.717) is 5.69 Å². The number of nitrogens with two attached hydrogens (primary N) is 1. The highest BCUT2D eigenvalue weighted by Crippen LogP contribution is 2.23. The first-order valence-electron chi connectivity index (χ1n) is 8.20. The standard InChI is InChI=1S/C18H23N3OS/c1-13(19)16-9-5-6-10-21(16)18(22)15-12-23-17(20-15)11-14-7-3-2-4-8-14/h2-4,7-8,12-13,16H,5-6,9-11,19H2,1H3. The van der Waals surface area contributed by atoms with Crippen LogP contribution in [0.2, 0.25) is 0 Å². The lowest BCUT2D eigenvalue weighted by atomic mass is 9.96. The van der Waals surface area contributed by atoms with Gasteiger partial charge in [-0.05, 0) is 31.7 Å². The third-order valence-electron chi connectivity index (χ3n) is 4.39. The summed E-state index contributed by atoms with van der Waals surface area (Å²) < 4.78 is 0. The molecule has 4 nitrogen and oxygen atoms in total. The van der Waals surface area contributed by atoms with Crippen LogP contribution in [-0.4, -0.2) is 34.4 Å². The van der Waals surface area contributed by atoms with E-state index in [-0.39, 0.29) is 18.0 Å². The summed E-state index contributed by atoms with van der Waals surface area (Å²) in [6.07, 6.45) is 3.96. The second-order valence-corrected chi connectivity index (χ2v) is 7.15. The van der Waals surface area contributed by atoms with Crippen LogP contribution >= 0.6 is 11.3 Å². The molecule has 2 heterocycles. The fraction of sp³-hybridized carbons (Fsp3) is 0.444. The molecule has 1 fully saturated rings. The van der Waals surface area contributed by atoms with Gasteiger partial charge in [-0.2, -0.15) is 0 Å². The van der Waals surface area contributed by atoms with Gasteiger partial charge in [0.25, 0.3) is 5.91 Å². The predicted octanol–water partition coefficient (Wildman–Crippen LogP) is 3.08. The van der Waals surface area contributed by atoms with Gasteiger partial charge in [-0.25, -0.2) is 4.98 Å². The average molecular weight is 329 g/mol. The lowest BCUT2D eigenvalue weighted by molar-refractivity contribution is 0.0578. The largest absolute Gasteiger partial charge is 0.333 e. The topological polar surface area (TPSA) is 59.2 Å². The molecule has 0 bridgehead atoms. The van der Waals surface area contributed by atoms with E-state index in [2.05, 4.69) is 17.1 Å². The van der Waals surface area contributed by atoms with Crippen LogP contribution < -0.4 is 5.73 Å². The smallest absolute Gasteiger partial charge is 0.273 e. The third kappa shape index (κ3) is 3.79. The van der Waals surface area contributed by atoms with Crippen LogP contribution in [-0.2, 0) is 6.42 Å². The van der Waals surface area contributed by atoms with Crippen molar-refractivity contribution < 1.29 is 4.79 Å². The molecule has 122 valence electrons. The minimum atomic E-state index is 0.00155. The van der Waals surface area contributed by atoms with Gasteiger partial charge in [0.1, 0.15) is 5.69 Å². The Hall–Kier alpha value is -1.72. The van der Waals surface area contributed by atoms with Crippen molar-refractivity contribution in [2.24, 2.45) is 5.73 Å². The molecule has 1 amide bonds. The third-order valence-corrected chi connectivity index (χ3v) is 5.23. The number of hydrogen-bond donors (Lipinski definition) is 1. The van der Waals surface area contributed by atoms with E-state index in [9.17, 15) is 4.79 Å². The van der Waals surface area contributed by atoms with E-state index in [1.165, 1.54) is 5.56 Å². The number of piperidine rings is 1. The number of likely N-dealkylation sites (tertiary alicyclic amines) is 1. The molecule has 3 rings (SSSR count). The van der Waals surface area contributed by atoms with Gasteiger partial charge in [0.15, 0.2) is 0 Å². The number of rotatable bonds is 4. The molecule has 1 aromatic heterocycles. The SMILES string of the molecule is CC(N)C1CCCCN1C(=O)c1csc(Cc2ccccc2)n1. The molecule has 1 saturated heterocycles. The number of carbonyl (C=O) groups excluding carboxylic acids is 1. The van der Waals surface area contributed by atoms with Gasteiger partial charge in [-0.1, -0.05) is 30.3 Å². The Morgan fingerprint density at radius 1 is 1.39 bits per heavy atom. The van der Waals surface area contributed by atoms with Crippen LogP contribution in [0.3, 0.4) is 0 Å². The fourth-order valence-corrected chi connectivity index (χ4v) is 3.97. The number of hydrogen-bond acceptors (Lipinski definition) is 4. The lowest BCUT2D eigenvalue weighted by Crippen LogP contribution is -2.51. The van der Waals surface area contributed by atoms with Gasteiger partial charge in [0.05, 0.1) is 5.01 Å². The van der Waals surface area contributed by atoms with Crippen LogP contribution in [0.5, 0.6) is 0 Å². The summed E-state index contributed by atoms with van der Waals surface area (Å²) >= 11 is 1.56. The number of benzene rings is 1. The Kier molecular flexibility index (Phi) is 5.08. The van der Waals surface area contributed by atoms with Gasteiger partial charge in [0.2, 0.25) is 0 Å². The van der Waals surface area contributed by atoms with Crippen molar-refractivity contribution >= 4 is 17.2 Å². The first-order valence-corrected chi connectivity index (χ1v) is 9.08. The minimum Gasteiger partial charge on any atom is -0.333 e. The summed E-state index contributed by atoms with van der Waals surface area (Å²) in [5, 5.41) is 2.86. The maximum Gasteiger partial charge on any atom is 0.273 e. The summed E-state index contributed by atoms with van der Waals surface area (Å²) in [5.74, 6) is 0.0301. The van der Waals surface area contributed by atoms with E-state index in [0.717, 1.165) is 37.2 Å². The van der Waals surface area contributed by atoms with Crippen molar-refractivity contribution in [2.75, 3.05) is 6.54 Å². The number of amides is 1. The molecule has 2 aromatic rings. The van der Waals surface area contributed by atoms with E-state index in [1.807, 2.05) is 35.4 Å². The predicted molar refractivity (Wildman–Crippen MR) is 93.7 cm³/mol. The molecule has 1 aromatic carbocycles. The van der Waals surface area contributed by atoms with Crippen LogP contribution in [0.25, 0.3) is 0 Å². The van der Waals surface area contributed by atoms with Crippen LogP contribution in [0.4, 0.5) is 0 Å². The molecule has 0 radical (unpaired) electrons. The van der Waals surface area contributed by atoms with E-state index < -0.39 is 0 Å². The summed E-state index contributed by atoms with van der Waals surface area (Å²) in [6.45, 7) is 2.77. The Balaban J connectivity index is 1.72. The number of aromatic nitrogens is 1. The van der Waals surface area contributed by atoms with Crippen molar-refractivity contribution in [3.8, 4) is 0 Å². The van der Waals surface area contributed by atoms with Crippen molar-refractivity contribution in [3.05, 3.63) is 52.0 Å². The van der Waals surface area contributed by atoms with Gasteiger partial charge in [-0.3, -0.25) is 4.79 Å². The Morgan fingerprint density at radius 3 is 2.91 bits per heavy atom. The second kappa shape index (κ2) is 7.23. The second-order valence-electron chi connectivity index (χ2n) is 6.21. The van der Waals surface area contributed by atoms with Crippen molar-refractivity contribution in [3.63, 3.8) is 0 Å². The summed E-state index contributed by atoms with van der Waals surface area (Å²) in [6, 6.07) is 10.4. The van der Waals surface area contributed by atoms with Gasteiger partial charge in [-0.15, -0.1) is 11.3 Å². The Bertz CT molecular complexity index is 653. The van der Waals surface area contributed by atoms with Crippen LogP contribution in [0.15, 0.2) is 35.7 Å². The fourth-order valence-electron chi connectivity index (χ4n) is 3.16. The first-order chi connectivity index (χ1) is 11.1. The van der Waals surface area contributed by atoms with Crippen molar-refractivity contribution in [1.29, 1.82) is 0 Å². The Morgan fingerprint density at radius 2 is 2.17 bits per heavy atom. The minimum absolute atomic E-state index is 0.00155. The monoisotopic (exact) mass is 329 g/mol. The molecule has 2 atom stereocenters. The zero-order chi connectivity index (χ0) is 16.2. The molecular formula is C18H23N3OS. The summed E-state index contributed by atoms with van der Waals surface area (Å²) in [5.41, 5.74) is 7.85. The van der Waals surface area contributed by atoms with E-state index >= 15 is 0 Å².